The molecule has 0 radical (unpaired) electrons. The summed E-state index contributed by atoms with van der Waals surface area (Å²) in [4.78, 5) is 0. The maximum absolute atomic E-state index is 11.3. The van der Waals surface area contributed by atoms with Gasteiger partial charge in [-0.05, 0) is 105 Å². The van der Waals surface area contributed by atoms with Crippen LogP contribution in [-0.4, -0.2) is 10.8 Å². The van der Waals surface area contributed by atoms with Gasteiger partial charge in [0, 0.05) is 5.41 Å². The molecule has 0 aliphatic heterocycles. The molecular weight excluding hydrogens is 354 g/mol. The standard InChI is InChI=1S/C27H49NO/c1-18(2)8-6-9-19(3)22-13-14-23-21-12-11-20-10-7-16-27(28,29)26(20,5)24(21)15-17-25(22,23)4/h18-24,29H,6-17,28H2,1-5H3/t19-,20?,21+,22-,23+,24+,25-,26+,27?/m1/s1. The van der Waals surface area contributed by atoms with E-state index in [1.54, 1.807) is 0 Å². The van der Waals surface area contributed by atoms with Crippen LogP contribution in [-0.2, 0) is 0 Å². The number of hydrogen-bond donors (Lipinski definition) is 2. The first kappa shape index (κ1) is 22.1. The summed E-state index contributed by atoms with van der Waals surface area (Å²) in [6, 6.07) is 0. The van der Waals surface area contributed by atoms with Gasteiger partial charge in [-0.2, -0.15) is 0 Å². The highest BCUT2D eigenvalue weighted by Gasteiger charge is 2.64. The molecule has 2 nitrogen and oxygen atoms in total. The van der Waals surface area contributed by atoms with E-state index in [0.29, 0.717) is 17.3 Å². The second-order valence-electron chi connectivity index (χ2n) is 12.8. The van der Waals surface area contributed by atoms with Crippen molar-refractivity contribution >= 4 is 0 Å². The Labute approximate surface area is 180 Å². The van der Waals surface area contributed by atoms with Crippen molar-refractivity contribution < 1.29 is 5.11 Å². The van der Waals surface area contributed by atoms with Crippen molar-refractivity contribution in [3.05, 3.63) is 0 Å². The molecule has 4 aliphatic rings. The minimum atomic E-state index is -0.949. The van der Waals surface area contributed by atoms with Crippen LogP contribution in [0.25, 0.3) is 0 Å². The van der Waals surface area contributed by atoms with Crippen molar-refractivity contribution in [1.82, 2.24) is 0 Å². The Kier molecular flexibility index (Phi) is 5.95. The molecule has 0 aromatic carbocycles. The average Bonchev–Trinajstić information content (AvgIpc) is 2.99. The molecule has 2 unspecified atom stereocenters. The van der Waals surface area contributed by atoms with Crippen LogP contribution in [0.5, 0.6) is 0 Å². The third-order valence-electron chi connectivity index (χ3n) is 11.1. The molecule has 4 saturated carbocycles. The van der Waals surface area contributed by atoms with E-state index in [1.807, 2.05) is 0 Å². The summed E-state index contributed by atoms with van der Waals surface area (Å²) >= 11 is 0. The number of hydrogen-bond acceptors (Lipinski definition) is 2. The van der Waals surface area contributed by atoms with Gasteiger partial charge in [-0.3, -0.25) is 0 Å². The predicted molar refractivity (Wildman–Crippen MR) is 122 cm³/mol. The van der Waals surface area contributed by atoms with Crippen LogP contribution in [0.2, 0.25) is 0 Å². The summed E-state index contributed by atoms with van der Waals surface area (Å²) in [7, 11) is 0. The van der Waals surface area contributed by atoms with Gasteiger partial charge in [0.2, 0.25) is 0 Å². The summed E-state index contributed by atoms with van der Waals surface area (Å²) < 4.78 is 0. The Morgan fingerprint density at radius 2 is 1.66 bits per heavy atom. The van der Waals surface area contributed by atoms with E-state index < -0.39 is 5.72 Å². The van der Waals surface area contributed by atoms with E-state index in [4.69, 9.17) is 5.73 Å². The maximum Gasteiger partial charge on any atom is 0.119 e. The van der Waals surface area contributed by atoms with Crippen LogP contribution in [0.4, 0.5) is 0 Å². The number of aliphatic hydroxyl groups is 1. The molecule has 29 heavy (non-hydrogen) atoms. The van der Waals surface area contributed by atoms with Gasteiger partial charge in [0.05, 0.1) is 0 Å². The normalized spacial score (nSPS) is 50.7. The van der Waals surface area contributed by atoms with Crippen LogP contribution in [0.3, 0.4) is 0 Å². The van der Waals surface area contributed by atoms with Crippen LogP contribution in [0, 0.1) is 52.3 Å². The summed E-state index contributed by atoms with van der Waals surface area (Å²) in [5.41, 5.74) is 6.18. The highest BCUT2D eigenvalue weighted by atomic mass is 16.3. The lowest BCUT2D eigenvalue weighted by Crippen LogP contribution is -2.67. The molecule has 4 aliphatic carbocycles. The summed E-state index contributed by atoms with van der Waals surface area (Å²) in [5.74, 6) is 5.58. The largest absolute Gasteiger partial charge is 0.376 e. The molecule has 4 fully saturated rings. The third kappa shape index (κ3) is 3.43. The zero-order valence-electron chi connectivity index (χ0n) is 20.1. The van der Waals surface area contributed by atoms with Crippen molar-refractivity contribution in [2.75, 3.05) is 0 Å². The minimum Gasteiger partial charge on any atom is -0.376 e. The van der Waals surface area contributed by atoms with Gasteiger partial charge in [0.1, 0.15) is 5.72 Å². The molecule has 0 saturated heterocycles. The lowest BCUT2D eigenvalue weighted by atomic mass is 9.42. The van der Waals surface area contributed by atoms with Crippen molar-refractivity contribution in [3.8, 4) is 0 Å². The van der Waals surface area contributed by atoms with Gasteiger partial charge in [0.25, 0.3) is 0 Å². The molecule has 0 aromatic rings. The fraction of sp³-hybridized carbons (Fsp3) is 1.00. The molecule has 4 rings (SSSR count). The average molecular weight is 404 g/mol. The molecular formula is C27H49NO. The lowest BCUT2D eigenvalue weighted by molar-refractivity contribution is -0.214. The van der Waals surface area contributed by atoms with Crippen LogP contribution in [0.15, 0.2) is 0 Å². The summed E-state index contributed by atoms with van der Waals surface area (Å²) in [6.07, 6.45) is 15.7. The quantitative estimate of drug-likeness (QED) is 0.498. The molecule has 0 bridgehead atoms. The fourth-order valence-corrected chi connectivity index (χ4v) is 9.46. The zero-order chi connectivity index (χ0) is 21.0. The minimum absolute atomic E-state index is 0.0591. The number of rotatable bonds is 5. The fourth-order valence-electron chi connectivity index (χ4n) is 9.46. The zero-order valence-corrected chi connectivity index (χ0v) is 20.1. The Bertz CT molecular complexity index is 585. The van der Waals surface area contributed by atoms with Crippen molar-refractivity contribution in [2.45, 2.75) is 117 Å². The second-order valence-corrected chi connectivity index (χ2v) is 12.8. The molecule has 0 amide bonds. The van der Waals surface area contributed by atoms with E-state index in [2.05, 4.69) is 34.6 Å². The SMILES string of the molecule is CC(C)CCC[C@@H](C)[C@H]1CC[C@H]2[C@@H]3CCC4CCCC(N)(O)[C@]4(C)[C@H]3CC[C@]12C. The van der Waals surface area contributed by atoms with E-state index >= 15 is 0 Å². The molecule has 0 heterocycles. The van der Waals surface area contributed by atoms with Crippen molar-refractivity contribution in [1.29, 1.82) is 0 Å². The van der Waals surface area contributed by atoms with Crippen molar-refractivity contribution in [2.24, 2.45) is 58.0 Å². The highest BCUT2D eigenvalue weighted by molar-refractivity contribution is 5.13. The smallest absolute Gasteiger partial charge is 0.119 e. The molecule has 0 spiro atoms. The Morgan fingerprint density at radius 3 is 2.38 bits per heavy atom. The number of fused-ring (bicyclic) bond motifs is 5. The van der Waals surface area contributed by atoms with Gasteiger partial charge >= 0.3 is 0 Å². The summed E-state index contributed by atoms with van der Waals surface area (Å²) in [5, 5.41) is 11.3. The highest BCUT2D eigenvalue weighted by Crippen LogP contribution is 2.69. The summed E-state index contributed by atoms with van der Waals surface area (Å²) in [6.45, 7) is 12.3. The monoisotopic (exact) mass is 403 g/mol. The van der Waals surface area contributed by atoms with E-state index in [9.17, 15) is 5.11 Å². The maximum atomic E-state index is 11.3. The first-order valence-electron chi connectivity index (χ1n) is 13.1. The second kappa shape index (κ2) is 7.80. The Balaban J connectivity index is 1.51. The van der Waals surface area contributed by atoms with Crippen molar-refractivity contribution in [3.63, 3.8) is 0 Å². The van der Waals surface area contributed by atoms with Gasteiger partial charge in [-0.25, -0.2) is 0 Å². The molecule has 9 atom stereocenters. The van der Waals surface area contributed by atoms with Crippen LogP contribution < -0.4 is 5.73 Å². The van der Waals surface area contributed by atoms with E-state index in [1.165, 1.54) is 64.2 Å². The predicted octanol–water partition coefficient (Wildman–Crippen LogP) is 6.76. The van der Waals surface area contributed by atoms with E-state index in [-0.39, 0.29) is 5.41 Å². The molecule has 2 heteroatoms. The first-order valence-corrected chi connectivity index (χ1v) is 13.1. The topological polar surface area (TPSA) is 46.2 Å². The van der Waals surface area contributed by atoms with Gasteiger partial charge in [0.15, 0.2) is 0 Å². The Morgan fingerprint density at radius 1 is 0.897 bits per heavy atom. The molecule has 3 N–H and O–H groups in total. The first-order chi connectivity index (χ1) is 13.6. The Hall–Kier alpha value is -0.0800. The van der Waals surface area contributed by atoms with E-state index in [0.717, 1.165) is 42.4 Å². The molecule has 0 aromatic heterocycles. The van der Waals surface area contributed by atoms with Crippen LogP contribution >= 0.6 is 0 Å². The van der Waals surface area contributed by atoms with Crippen LogP contribution in [0.1, 0.15) is 112 Å². The lowest BCUT2D eigenvalue weighted by Gasteiger charge is -2.64. The third-order valence-corrected chi connectivity index (χ3v) is 11.1. The van der Waals surface area contributed by atoms with Gasteiger partial charge < -0.3 is 10.8 Å². The van der Waals surface area contributed by atoms with Gasteiger partial charge in [-0.15, -0.1) is 0 Å². The number of nitrogens with two attached hydrogens (primary N) is 1. The van der Waals surface area contributed by atoms with Gasteiger partial charge in [-0.1, -0.05) is 53.9 Å². The molecule has 168 valence electrons.